The van der Waals surface area contributed by atoms with Crippen molar-refractivity contribution in [2.45, 2.75) is 24.9 Å². The number of halogens is 4. The van der Waals surface area contributed by atoms with Gasteiger partial charge in [0.1, 0.15) is 0 Å². The third kappa shape index (κ3) is 3.86. The second-order valence-corrected chi connectivity index (χ2v) is 5.33. The van der Waals surface area contributed by atoms with E-state index in [4.69, 9.17) is 11.6 Å². The van der Waals surface area contributed by atoms with Crippen LogP contribution in [0.25, 0.3) is 0 Å². The van der Waals surface area contributed by atoms with Gasteiger partial charge in [-0.05, 0) is 49.5 Å². The fourth-order valence-electron chi connectivity index (χ4n) is 2.54. The Bertz CT molecular complexity index is 402. The maximum Gasteiger partial charge on any atom is 0.416 e. The molecule has 1 aliphatic rings. The minimum absolute atomic E-state index is 0.345. The molecule has 1 fully saturated rings. The summed E-state index contributed by atoms with van der Waals surface area (Å²) in [5.41, 5.74) is 0.426. The van der Waals surface area contributed by atoms with Gasteiger partial charge in [0, 0.05) is 12.4 Å². The fourth-order valence-corrected chi connectivity index (χ4v) is 2.65. The van der Waals surface area contributed by atoms with E-state index in [2.05, 4.69) is 4.90 Å². The zero-order chi connectivity index (χ0) is 13.9. The lowest BCUT2D eigenvalue weighted by atomic mass is 9.97. The van der Waals surface area contributed by atoms with Gasteiger partial charge in [-0.15, -0.1) is 11.6 Å². The van der Waals surface area contributed by atoms with Crippen LogP contribution < -0.4 is 0 Å². The van der Waals surface area contributed by atoms with Crippen LogP contribution in [0.1, 0.15) is 29.9 Å². The van der Waals surface area contributed by atoms with Crippen molar-refractivity contribution in [2.75, 3.05) is 25.5 Å². The first-order chi connectivity index (χ1) is 9.00. The van der Waals surface area contributed by atoms with Crippen molar-refractivity contribution in [3.8, 4) is 0 Å². The van der Waals surface area contributed by atoms with Gasteiger partial charge in [0.15, 0.2) is 0 Å². The topological polar surface area (TPSA) is 3.24 Å². The van der Waals surface area contributed by atoms with E-state index in [1.165, 1.54) is 12.1 Å². The molecule has 0 amide bonds. The maximum absolute atomic E-state index is 12.5. The molecule has 1 atom stereocenters. The number of benzene rings is 1. The lowest BCUT2D eigenvalue weighted by Crippen LogP contribution is -2.21. The van der Waals surface area contributed by atoms with Crippen LogP contribution in [0.15, 0.2) is 24.3 Å². The van der Waals surface area contributed by atoms with Crippen molar-refractivity contribution in [1.82, 2.24) is 4.90 Å². The summed E-state index contributed by atoms with van der Waals surface area (Å²) in [7, 11) is 0. The predicted octanol–water partition coefficient (Wildman–Crippen LogP) is 4.12. The molecular weight excluding hydrogens is 275 g/mol. The molecule has 0 aliphatic carbocycles. The zero-order valence-corrected chi connectivity index (χ0v) is 11.3. The van der Waals surface area contributed by atoms with Gasteiger partial charge in [0.05, 0.1) is 5.56 Å². The molecule has 1 aliphatic heterocycles. The molecule has 1 aromatic rings. The van der Waals surface area contributed by atoms with Gasteiger partial charge in [-0.2, -0.15) is 13.2 Å². The fraction of sp³-hybridized carbons (Fsp3) is 0.571. The van der Waals surface area contributed by atoms with Crippen molar-refractivity contribution in [1.29, 1.82) is 0 Å². The van der Waals surface area contributed by atoms with Crippen LogP contribution in [0, 0.1) is 0 Å². The molecule has 106 valence electrons. The Morgan fingerprint density at radius 2 is 1.89 bits per heavy atom. The first-order valence-corrected chi connectivity index (χ1v) is 6.99. The summed E-state index contributed by atoms with van der Waals surface area (Å²) in [5.74, 6) is 0.999. The predicted molar refractivity (Wildman–Crippen MR) is 70.6 cm³/mol. The van der Waals surface area contributed by atoms with Gasteiger partial charge in [-0.1, -0.05) is 12.1 Å². The summed E-state index contributed by atoms with van der Waals surface area (Å²) >= 11 is 5.66. The molecule has 1 aromatic carbocycles. The lowest BCUT2D eigenvalue weighted by Gasteiger charge is -2.15. The molecule has 1 heterocycles. The number of likely N-dealkylation sites (tertiary alicyclic amines) is 1. The summed E-state index contributed by atoms with van der Waals surface area (Å²) in [6.07, 6.45) is -2.28. The summed E-state index contributed by atoms with van der Waals surface area (Å²) < 4.78 is 37.4. The molecule has 1 saturated heterocycles. The minimum Gasteiger partial charge on any atom is -0.303 e. The monoisotopic (exact) mass is 291 g/mol. The third-order valence-corrected chi connectivity index (χ3v) is 3.86. The molecule has 2 rings (SSSR count). The van der Waals surface area contributed by atoms with E-state index in [1.54, 1.807) is 12.1 Å². The molecule has 19 heavy (non-hydrogen) atoms. The van der Waals surface area contributed by atoms with Crippen LogP contribution in [-0.2, 0) is 6.18 Å². The van der Waals surface area contributed by atoms with Gasteiger partial charge in [0.2, 0.25) is 0 Å². The van der Waals surface area contributed by atoms with Gasteiger partial charge in [-0.3, -0.25) is 0 Å². The molecule has 0 N–H and O–H groups in total. The van der Waals surface area contributed by atoms with Crippen molar-refractivity contribution in [2.24, 2.45) is 0 Å². The highest BCUT2D eigenvalue weighted by Crippen LogP contribution is 2.32. The van der Waals surface area contributed by atoms with E-state index in [9.17, 15) is 13.2 Å². The number of alkyl halides is 4. The molecular formula is C14H17ClF3N. The Kier molecular flexibility index (Phi) is 4.74. The molecule has 0 saturated carbocycles. The molecule has 0 spiro atoms. The van der Waals surface area contributed by atoms with Crippen molar-refractivity contribution in [3.63, 3.8) is 0 Å². The average Bonchev–Trinajstić information content (AvgIpc) is 2.84. The second-order valence-electron chi connectivity index (χ2n) is 4.95. The number of hydrogen-bond acceptors (Lipinski definition) is 1. The standard InChI is InChI=1S/C14H17ClF3N/c15-7-1-8-19-9-6-12(10-19)11-2-4-13(5-3-11)14(16,17)18/h2-5,12H,1,6-10H2/t12-/m0/s1. The van der Waals surface area contributed by atoms with E-state index in [-0.39, 0.29) is 0 Å². The summed E-state index contributed by atoms with van der Waals surface area (Å²) in [4.78, 5) is 2.32. The SMILES string of the molecule is FC(F)(F)c1ccc([C@H]2CCN(CCCCl)C2)cc1. The average molecular weight is 292 g/mol. The molecule has 0 radical (unpaired) electrons. The lowest BCUT2D eigenvalue weighted by molar-refractivity contribution is -0.137. The van der Waals surface area contributed by atoms with Gasteiger partial charge >= 0.3 is 6.18 Å². The zero-order valence-electron chi connectivity index (χ0n) is 10.6. The largest absolute Gasteiger partial charge is 0.416 e. The van der Waals surface area contributed by atoms with Gasteiger partial charge in [0.25, 0.3) is 0 Å². The minimum atomic E-state index is -4.25. The highest BCUT2D eigenvalue weighted by Gasteiger charge is 2.30. The Labute approximate surface area is 116 Å². The highest BCUT2D eigenvalue weighted by molar-refractivity contribution is 6.17. The van der Waals surface area contributed by atoms with Crippen molar-refractivity contribution < 1.29 is 13.2 Å². The van der Waals surface area contributed by atoms with E-state index < -0.39 is 11.7 Å². The molecule has 1 nitrogen and oxygen atoms in total. The number of hydrogen-bond donors (Lipinski definition) is 0. The van der Waals surface area contributed by atoms with Gasteiger partial charge in [-0.25, -0.2) is 0 Å². The van der Waals surface area contributed by atoms with Crippen LogP contribution in [0.2, 0.25) is 0 Å². The molecule has 0 bridgehead atoms. The number of rotatable bonds is 4. The van der Waals surface area contributed by atoms with Crippen LogP contribution in [0.3, 0.4) is 0 Å². The van der Waals surface area contributed by atoms with Crippen molar-refractivity contribution >= 4 is 11.6 Å². The number of nitrogens with zero attached hydrogens (tertiary/aromatic N) is 1. The van der Waals surface area contributed by atoms with E-state index in [0.717, 1.165) is 38.0 Å². The Balaban J connectivity index is 1.96. The first kappa shape index (κ1) is 14.7. The van der Waals surface area contributed by atoms with E-state index >= 15 is 0 Å². The maximum atomic E-state index is 12.5. The van der Waals surface area contributed by atoms with Crippen LogP contribution in [-0.4, -0.2) is 30.4 Å². The van der Waals surface area contributed by atoms with E-state index in [1.807, 2.05) is 0 Å². The smallest absolute Gasteiger partial charge is 0.303 e. The van der Waals surface area contributed by atoms with Crippen molar-refractivity contribution in [3.05, 3.63) is 35.4 Å². The van der Waals surface area contributed by atoms with Crippen LogP contribution >= 0.6 is 11.6 Å². The van der Waals surface area contributed by atoms with Crippen LogP contribution in [0.4, 0.5) is 13.2 Å². The van der Waals surface area contributed by atoms with E-state index in [0.29, 0.717) is 11.8 Å². The Morgan fingerprint density at radius 1 is 1.21 bits per heavy atom. The third-order valence-electron chi connectivity index (χ3n) is 3.59. The normalized spacial score (nSPS) is 20.9. The molecule has 0 aromatic heterocycles. The first-order valence-electron chi connectivity index (χ1n) is 6.46. The quantitative estimate of drug-likeness (QED) is 0.754. The molecule has 0 unspecified atom stereocenters. The summed E-state index contributed by atoms with van der Waals surface area (Å²) in [6.45, 7) is 2.89. The summed E-state index contributed by atoms with van der Waals surface area (Å²) in [5, 5.41) is 0. The summed E-state index contributed by atoms with van der Waals surface area (Å²) in [6, 6.07) is 5.57. The molecule has 5 heteroatoms. The second kappa shape index (κ2) is 6.14. The van der Waals surface area contributed by atoms with Gasteiger partial charge < -0.3 is 4.90 Å². The van der Waals surface area contributed by atoms with Crippen LogP contribution in [0.5, 0.6) is 0 Å². The highest BCUT2D eigenvalue weighted by atomic mass is 35.5. The Hall–Kier alpha value is -0.740. The Morgan fingerprint density at radius 3 is 2.47 bits per heavy atom.